The van der Waals surface area contributed by atoms with Crippen LogP contribution in [0.1, 0.15) is 31.2 Å². The lowest BCUT2D eigenvalue weighted by Gasteiger charge is -2.37. The Bertz CT molecular complexity index is 1470. The monoisotopic (exact) mass is 522 g/mol. The number of aromatic amines is 1. The van der Waals surface area contributed by atoms with E-state index in [-0.39, 0.29) is 5.69 Å². The van der Waals surface area contributed by atoms with Crippen molar-refractivity contribution >= 4 is 27.8 Å². The molecule has 4 aromatic rings. The summed E-state index contributed by atoms with van der Waals surface area (Å²) in [5.74, 6) is -0.862. The van der Waals surface area contributed by atoms with Crippen molar-refractivity contribution in [3.63, 3.8) is 0 Å². The molecule has 3 fully saturated rings. The number of furan rings is 1. The standard InChI is InChI=1S/C28H32F2N6O2/c1-28(29,30)24-15-21-20(5-2-6-22(21)31-24)26-32-23-14-19(17-34-8-9-35-7-3-4-18(35)16-34)38-25(23)27(33-26)36-10-12-37-13-11-36/h2,5-6,14-15,18,31H,3-4,7-13,16-17H2,1H3/t18-/m0/s1. The molecule has 38 heavy (non-hydrogen) atoms. The number of nitrogens with one attached hydrogen (secondary N) is 1. The summed E-state index contributed by atoms with van der Waals surface area (Å²) in [7, 11) is 0. The molecule has 1 N–H and O–H groups in total. The van der Waals surface area contributed by atoms with Crippen LogP contribution >= 0.6 is 0 Å². The Hall–Kier alpha value is -3.08. The van der Waals surface area contributed by atoms with Crippen LogP contribution in [-0.2, 0) is 17.2 Å². The Morgan fingerprint density at radius 1 is 1.08 bits per heavy atom. The molecule has 0 radical (unpaired) electrons. The highest BCUT2D eigenvalue weighted by molar-refractivity contribution is 5.96. The molecule has 3 aliphatic rings. The predicted octanol–water partition coefficient (Wildman–Crippen LogP) is 4.60. The number of aromatic nitrogens is 3. The highest BCUT2D eigenvalue weighted by Gasteiger charge is 2.31. The topological polar surface area (TPSA) is 73.7 Å². The number of anilines is 1. The summed E-state index contributed by atoms with van der Waals surface area (Å²) in [5.41, 5.74) is 2.63. The molecular weight excluding hydrogens is 490 g/mol. The zero-order valence-electron chi connectivity index (χ0n) is 21.6. The quantitative estimate of drug-likeness (QED) is 0.411. The average molecular weight is 523 g/mol. The molecule has 200 valence electrons. The van der Waals surface area contributed by atoms with Crippen molar-refractivity contribution in [1.82, 2.24) is 24.8 Å². The number of nitrogens with zero attached hydrogens (tertiary/aromatic N) is 5. The first kappa shape index (κ1) is 24.0. The summed E-state index contributed by atoms with van der Waals surface area (Å²) in [6.45, 7) is 8.67. The number of hydrogen-bond acceptors (Lipinski definition) is 7. The van der Waals surface area contributed by atoms with Crippen LogP contribution in [0.3, 0.4) is 0 Å². The van der Waals surface area contributed by atoms with E-state index in [4.69, 9.17) is 19.1 Å². The molecule has 1 aromatic carbocycles. The number of morpholine rings is 1. The minimum Gasteiger partial charge on any atom is -0.454 e. The van der Waals surface area contributed by atoms with E-state index in [1.807, 2.05) is 18.2 Å². The smallest absolute Gasteiger partial charge is 0.284 e. The fraction of sp³-hybridized carbons (Fsp3) is 0.500. The molecule has 3 aliphatic heterocycles. The van der Waals surface area contributed by atoms with Crippen LogP contribution in [0.15, 0.2) is 34.7 Å². The van der Waals surface area contributed by atoms with E-state index in [0.717, 1.165) is 50.2 Å². The molecule has 3 saturated heterocycles. The van der Waals surface area contributed by atoms with E-state index in [2.05, 4.69) is 19.7 Å². The molecule has 1 atom stereocenters. The first-order valence-electron chi connectivity index (χ1n) is 13.5. The zero-order chi connectivity index (χ0) is 25.9. The number of ether oxygens (including phenoxy) is 1. The van der Waals surface area contributed by atoms with E-state index in [1.165, 1.54) is 25.5 Å². The second-order valence-corrected chi connectivity index (χ2v) is 10.8. The summed E-state index contributed by atoms with van der Waals surface area (Å²) < 4.78 is 40.2. The molecule has 6 heterocycles. The number of H-pyrrole nitrogens is 1. The van der Waals surface area contributed by atoms with Crippen molar-refractivity contribution in [2.24, 2.45) is 0 Å². The number of alkyl halides is 2. The lowest BCUT2D eigenvalue weighted by atomic mass is 10.1. The molecule has 0 amide bonds. The van der Waals surface area contributed by atoms with Crippen LogP contribution in [0.5, 0.6) is 0 Å². The maximum absolute atomic E-state index is 14.1. The number of piperazine rings is 1. The second kappa shape index (κ2) is 9.29. The van der Waals surface area contributed by atoms with Crippen LogP contribution in [0.25, 0.3) is 33.4 Å². The van der Waals surface area contributed by atoms with Crippen molar-refractivity contribution in [1.29, 1.82) is 0 Å². The van der Waals surface area contributed by atoms with Crippen LogP contribution in [0, 0.1) is 0 Å². The largest absolute Gasteiger partial charge is 0.454 e. The molecule has 0 spiro atoms. The van der Waals surface area contributed by atoms with Crippen LogP contribution in [-0.4, -0.2) is 83.3 Å². The Morgan fingerprint density at radius 3 is 2.79 bits per heavy atom. The Labute approximate surface area is 219 Å². The number of fused-ring (bicyclic) bond motifs is 3. The summed E-state index contributed by atoms with van der Waals surface area (Å²) in [6, 6.07) is 9.71. The van der Waals surface area contributed by atoms with Crippen LogP contribution < -0.4 is 4.90 Å². The predicted molar refractivity (Wildman–Crippen MR) is 142 cm³/mol. The first-order valence-corrected chi connectivity index (χ1v) is 13.5. The molecule has 0 saturated carbocycles. The van der Waals surface area contributed by atoms with Gasteiger partial charge in [0.2, 0.25) is 0 Å². The van der Waals surface area contributed by atoms with Gasteiger partial charge in [-0.3, -0.25) is 9.80 Å². The summed E-state index contributed by atoms with van der Waals surface area (Å²) in [4.78, 5) is 20.0. The summed E-state index contributed by atoms with van der Waals surface area (Å²) >= 11 is 0. The van der Waals surface area contributed by atoms with Gasteiger partial charge in [-0.25, -0.2) is 18.7 Å². The normalized spacial score (nSPS) is 21.6. The van der Waals surface area contributed by atoms with Crippen molar-refractivity contribution in [3.05, 3.63) is 41.8 Å². The molecule has 0 aliphatic carbocycles. The van der Waals surface area contributed by atoms with E-state index < -0.39 is 5.92 Å². The number of rotatable bonds is 5. The van der Waals surface area contributed by atoms with Gasteiger partial charge in [0.05, 0.1) is 25.5 Å². The number of benzene rings is 1. The Balaban J connectivity index is 1.29. The number of hydrogen-bond donors (Lipinski definition) is 1. The highest BCUT2D eigenvalue weighted by atomic mass is 19.3. The minimum atomic E-state index is -2.97. The minimum absolute atomic E-state index is 0.123. The lowest BCUT2D eigenvalue weighted by molar-refractivity contribution is 0.0135. The van der Waals surface area contributed by atoms with Gasteiger partial charge in [-0.15, -0.1) is 0 Å². The van der Waals surface area contributed by atoms with Gasteiger partial charge in [-0.2, -0.15) is 0 Å². The van der Waals surface area contributed by atoms with Gasteiger partial charge in [0.25, 0.3) is 5.92 Å². The van der Waals surface area contributed by atoms with Gasteiger partial charge in [0.1, 0.15) is 11.3 Å². The zero-order valence-corrected chi connectivity index (χ0v) is 21.6. The third-order valence-corrected chi connectivity index (χ3v) is 8.14. The first-order chi connectivity index (χ1) is 18.4. The Morgan fingerprint density at radius 2 is 1.95 bits per heavy atom. The molecule has 0 unspecified atom stereocenters. The van der Waals surface area contributed by atoms with Crippen molar-refractivity contribution in [3.8, 4) is 11.4 Å². The van der Waals surface area contributed by atoms with Gasteiger partial charge in [0.15, 0.2) is 17.2 Å². The van der Waals surface area contributed by atoms with E-state index in [0.29, 0.717) is 60.2 Å². The molecular formula is C28H32F2N6O2. The Kier molecular flexibility index (Phi) is 5.86. The molecule has 7 rings (SSSR count). The average Bonchev–Trinajstić information content (AvgIpc) is 3.65. The lowest BCUT2D eigenvalue weighted by Crippen LogP contribution is -2.49. The fourth-order valence-electron chi connectivity index (χ4n) is 6.16. The van der Waals surface area contributed by atoms with Gasteiger partial charge in [-0.1, -0.05) is 12.1 Å². The van der Waals surface area contributed by atoms with Crippen molar-refractivity contribution in [2.45, 2.75) is 38.3 Å². The fourth-order valence-corrected chi connectivity index (χ4v) is 6.16. The highest BCUT2D eigenvalue weighted by Crippen LogP contribution is 2.36. The van der Waals surface area contributed by atoms with Crippen molar-refractivity contribution < 1.29 is 17.9 Å². The molecule has 10 heteroatoms. The second-order valence-electron chi connectivity index (χ2n) is 10.8. The maximum atomic E-state index is 14.1. The molecule has 0 bridgehead atoms. The SMILES string of the molecule is CC(F)(F)c1cc2c(-c3nc(N4CCOCC4)c4oc(CN5CCN6CCC[C@H]6C5)cc4n3)cccc2[nH]1. The van der Waals surface area contributed by atoms with E-state index >= 15 is 0 Å². The third-order valence-electron chi connectivity index (χ3n) is 8.14. The number of halogens is 2. The summed E-state index contributed by atoms with van der Waals surface area (Å²) in [6.07, 6.45) is 2.55. The van der Waals surface area contributed by atoms with Gasteiger partial charge in [0, 0.05) is 68.2 Å². The molecule has 8 nitrogen and oxygen atoms in total. The van der Waals surface area contributed by atoms with Crippen molar-refractivity contribution in [2.75, 3.05) is 57.4 Å². The third kappa shape index (κ3) is 4.34. The molecule has 3 aromatic heterocycles. The van der Waals surface area contributed by atoms with Gasteiger partial charge < -0.3 is 19.0 Å². The van der Waals surface area contributed by atoms with E-state index in [9.17, 15) is 8.78 Å². The van der Waals surface area contributed by atoms with E-state index in [1.54, 1.807) is 6.07 Å². The maximum Gasteiger partial charge on any atom is 0.284 e. The van der Waals surface area contributed by atoms with Crippen LogP contribution in [0.4, 0.5) is 14.6 Å². The van der Waals surface area contributed by atoms with Gasteiger partial charge >= 0.3 is 0 Å². The summed E-state index contributed by atoms with van der Waals surface area (Å²) in [5, 5.41) is 0.675. The van der Waals surface area contributed by atoms with Gasteiger partial charge in [-0.05, 0) is 31.5 Å². The van der Waals surface area contributed by atoms with Crippen LogP contribution in [0.2, 0.25) is 0 Å².